The van der Waals surface area contributed by atoms with E-state index in [1.807, 2.05) is 0 Å². The Labute approximate surface area is 110 Å². The van der Waals surface area contributed by atoms with Gasteiger partial charge in [-0.25, -0.2) is 0 Å². The molecule has 0 bridgehead atoms. The highest BCUT2D eigenvalue weighted by Crippen LogP contribution is 2.30. The lowest BCUT2D eigenvalue weighted by atomic mass is 9.82. The van der Waals surface area contributed by atoms with Gasteiger partial charge < -0.3 is 11.1 Å². The van der Waals surface area contributed by atoms with Crippen molar-refractivity contribution in [1.82, 2.24) is 10.2 Å². The SMILES string of the molecule is CNC(=O)C1CCCN(C2CCCCC2CN)C1. The quantitative estimate of drug-likeness (QED) is 0.788. The summed E-state index contributed by atoms with van der Waals surface area (Å²) in [6.45, 7) is 2.88. The van der Waals surface area contributed by atoms with Crippen LogP contribution in [0.5, 0.6) is 0 Å². The Hall–Kier alpha value is -0.610. The summed E-state index contributed by atoms with van der Waals surface area (Å²) < 4.78 is 0. The first-order valence-corrected chi connectivity index (χ1v) is 7.42. The zero-order chi connectivity index (χ0) is 13.0. The van der Waals surface area contributed by atoms with Gasteiger partial charge >= 0.3 is 0 Å². The molecule has 0 aromatic carbocycles. The van der Waals surface area contributed by atoms with E-state index in [-0.39, 0.29) is 11.8 Å². The highest BCUT2D eigenvalue weighted by atomic mass is 16.1. The summed E-state index contributed by atoms with van der Waals surface area (Å²) in [5.41, 5.74) is 5.91. The lowest BCUT2D eigenvalue weighted by Gasteiger charge is -2.43. The van der Waals surface area contributed by atoms with Crippen molar-refractivity contribution in [3.8, 4) is 0 Å². The van der Waals surface area contributed by atoms with Crippen molar-refractivity contribution >= 4 is 5.91 Å². The number of piperidine rings is 1. The summed E-state index contributed by atoms with van der Waals surface area (Å²) in [7, 11) is 1.74. The minimum atomic E-state index is 0.184. The van der Waals surface area contributed by atoms with Gasteiger partial charge in [-0.05, 0) is 44.7 Å². The predicted octanol–water partition coefficient (Wildman–Crippen LogP) is 0.962. The Morgan fingerprint density at radius 2 is 2.06 bits per heavy atom. The maximum absolute atomic E-state index is 11.8. The van der Waals surface area contributed by atoms with Crippen LogP contribution in [0.3, 0.4) is 0 Å². The molecule has 2 fully saturated rings. The number of carbonyl (C=O) groups is 1. The topological polar surface area (TPSA) is 58.4 Å². The van der Waals surface area contributed by atoms with Gasteiger partial charge in [-0.3, -0.25) is 9.69 Å². The number of carbonyl (C=O) groups excluding carboxylic acids is 1. The van der Waals surface area contributed by atoms with Crippen LogP contribution in [0.4, 0.5) is 0 Å². The van der Waals surface area contributed by atoms with Crippen LogP contribution in [-0.2, 0) is 4.79 Å². The van der Waals surface area contributed by atoms with Gasteiger partial charge in [0.1, 0.15) is 0 Å². The molecule has 3 N–H and O–H groups in total. The minimum absolute atomic E-state index is 0.184. The fourth-order valence-corrected chi connectivity index (χ4v) is 3.67. The molecule has 0 aromatic heterocycles. The average Bonchev–Trinajstić information content (AvgIpc) is 2.46. The number of nitrogens with zero attached hydrogens (tertiary/aromatic N) is 1. The standard InChI is InChI=1S/C14H27N3O/c1-16-14(18)12-6-4-8-17(10-12)13-7-3-2-5-11(13)9-15/h11-13H,2-10,15H2,1H3,(H,16,18). The van der Waals surface area contributed by atoms with Crippen molar-refractivity contribution in [2.45, 2.75) is 44.6 Å². The molecule has 0 spiro atoms. The molecule has 3 atom stereocenters. The van der Waals surface area contributed by atoms with Gasteiger partial charge in [0.15, 0.2) is 0 Å². The van der Waals surface area contributed by atoms with E-state index in [1.165, 1.54) is 25.7 Å². The Balaban J connectivity index is 1.96. The zero-order valence-corrected chi connectivity index (χ0v) is 11.5. The molecule has 0 aromatic rings. The van der Waals surface area contributed by atoms with E-state index < -0.39 is 0 Å². The molecule has 1 saturated carbocycles. The number of nitrogens with one attached hydrogen (secondary N) is 1. The summed E-state index contributed by atoms with van der Waals surface area (Å²) in [4.78, 5) is 14.3. The second kappa shape index (κ2) is 6.53. The van der Waals surface area contributed by atoms with Crippen LogP contribution in [0.15, 0.2) is 0 Å². The van der Waals surface area contributed by atoms with Crippen molar-refractivity contribution in [3.05, 3.63) is 0 Å². The molecule has 4 heteroatoms. The van der Waals surface area contributed by atoms with Gasteiger partial charge in [-0.1, -0.05) is 12.8 Å². The van der Waals surface area contributed by atoms with Crippen molar-refractivity contribution in [3.63, 3.8) is 0 Å². The third kappa shape index (κ3) is 3.04. The van der Waals surface area contributed by atoms with Crippen LogP contribution in [0.1, 0.15) is 38.5 Å². The molecule has 1 aliphatic carbocycles. The molecule has 1 amide bonds. The highest BCUT2D eigenvalue weighted by molar-refractivity contribution is 5.78. The van der Waals surface area contributed by atoms with Gasteiger partial charge in [-0.15, -0.1) is 0 Å². The van der Waals surface area contributed by atoms with Gasteiger partial charge in [0.05, 0.1) is 5.92 Å². The lowest BCUT2D eigenvalue weighted by molar-refractivity contribution is -0.126. The van der Waals surface area contributed by atoms with Crippen LogP contribution in [0, 0.1) is 11.8 Å². The normalized spacial score (nSPS) is 34.2. The van der Waals surface area contributed by atoms with Crippen LogP contribution in [0.25, 0.3) is 0 Å². The Bertz CT molecular complexity index is 282. The van der Waals surface area contributed by atoms with Crippen LogP contribution in [-0.4, -0.2) is 43.5 Å². The number of hydrogen-bond donors (Lipinski definition) is 2. The van der Waals surface area contributed by atoms with Crippen LogP contribution in [0.2, 0.25) is 0 Å². The molecule has 4 nitrogen and oxygen atoms in total. The summed E-state index contributed by atoms with van der Waals surface area (Å²) in [6.07, 6.45) is 7.36. The fraction of sp³-hybridized carbons (Fsp3) is 0.929. The largest absolute Gasteiger partial charge is 0.359 e. The third-order valence-corrected chi connectivity index (χ3v) is 4.71. The summed E-state index contributed by atoms with van der Waals surface area (Å²) in [6, 6.07) is 0.621. The third-order valence-electron chi connectivity index (χ3n) is 4.71. The number of likely N-dealkylation sites (tertiary alicyclic amines) is 1. The van der Waals surface area contributed by atoms with Crippen molar-refractivity contribution in [2.75, 3.05) is 26.7 Å². The molecule has 1 heterocycles. The molecule has 3 unspecified atom stereocenters. The van der Waals surface area contributed by atoms with Crippen LogP contribution >= 0.6 is 0 Å². The van der Waals surface area contributed by atoms with E-state index in [0.29, 0.717) is 12.0 Å². The second-order valence-corrected chi connectivity index (χ2v) is 5.80. The molecule has 18 heavy (non-hydrogen) atoms. The van der Waals surface area contributed by atoms with Crippen LogP contribution < -0.4 is 11.1 Å². The molecule has 2 rings (SSSR count). The van der Waals surface area contributed by atoms with E-state index in [4.69, 9.17) is 5.73 Å². The van der Waals surface area contributed by atoms with E-state index in [1.54, 1.807) is 7.05 Å². The summed E-state index contributed by atoms with van der Waals surface area (Å²) in [5, 5.41) is 2.79. The van der Waals surface area contributed by atoms with Gasteiger partial charge in [0.25, 0.3) is 0 Å². The first-order valence-electron chi connectivity index (χ1n) is 7.42. The van der Waals surface area contributed by atoms with E-state index in [0.717, 1.165) is 32.5 Å². The fourth-order valence-electron chi connectivity index (χ4n) is 3.67. The lowest BCUT2D eigenvalue weighted by Crippen LogP contribution is -2.51. The van der Waals surface area contributed by atoms with Gasteiger partial charge in [0, 0.05) is 19.6 Å². The smallest absolute Gasteiger partial charge is 0.224 e. The minimum Gasteiger partial charge on any atom is -0.359 e. The highest BCUT2D eigenvalue weighted by Gasteiger charge is 2.33. The molecular weight excluding hydrogens is 226 g/mol. The molecule has 2 aliphatic rings. The summed E-state index contributed by atoms with van der Waals surface area (Å²) >= 11 is 0. The maximum atomic E-state index is 11.8. The number of nitrogens with two attached hydrogens (primary N) is 1. The Kier molecular flexibility index (Phi) is 5.01. The molecule has 1 saturated heterocycles. The first-order chi connectivity index (χ1) is 8.76. The van der Waals surface area contributed by atoms with Gasteiger partial charge in [0.2, 0.25) is 5.91 Å². The number of amides is 1. The monoisotopic (exact) mass is 253 g/mol. The molecule has 0 radical (unpaired) electrons. The molecule has 1 aliphatic heterocycles. The van der Waals surface area contributed by atoms with Crippen molar-refractivity contribution < 1.29 is 4.79 Å². The Morgan fingerprint density at radius 1 is 1.28 bits per heavy atom. The number of rotatable bonds is 3. The Morgan fingerprint density at radius 3 is 2.78 bits per heavy atom. The maximum Gasteiger partial charge on any atom is 0.224 e. The molecular formula is C14H27N3O. The average molecular weight is 253 g/mol. The zero-order valence-electron chi connectivity index (χ0n) is 11.5. The van der Waals surface area contributed by atoms with E-state index >= 15 is 0 Å². The molecule has 104 valence electrons. The second-order valence-electron chi connectivity index (χ2n) is 5.80. The first kappa shape index (κ1) is 13.8. The van der Waals surface area contributed by atoms with Crippen molar-refractivity contribution in [1.29, 1.82) is 0 Å². The number of hydrogen-bond acceptors (Lipinski definition) is 3. The van der Waals surface area contributed by atoms with E-state index in [2.05, 4.69) is 10.2 Å². The predicted molar refractivity (Wildman–Crippen MR) is 73.2 cm³/mol. The van der Waals surface area contributed by atoms with Crippen molar-refractivity contribution in [2.24, 2.45) is 17.6 Å². The van der Waals surface area contributed by atoms with E-state index in [9.17, 15) is 4.79 Å². The van der Waals surface area contributed by atoms with Gasteiger partial charge in [-0.2, -0.15) is 0 Å². The summed E-state index contributed by atoms with van der Waals surface area (Å²) in [5.74, 6) is 1.03.